The lowest BCUT2D eigenvalue weighted by molar-refractivity contribution is -0.136. The molecule has 0 atom stereocenters. The van der Waals surface area contributed by atoms with Gasteiger partial charge in [0.15, 0.2) is 0 Å². The van der Waals surface area contributed by atoms with Crippen molar-refractivity contribution in [3.05, 3.63) is 88.4 Å². The summed E-state index contributed by atoms with van der Waals surface area (Å²) in [4.78, 5) is 16.5. The first-order chi connectivity index (χ1) is 13.5. The molecule has 0 aliphatic heterocycles. The van der Waals surface area contributed by atoms with Gasteiger partial charge in [-0.25, -0.2) is 4.98 Å². The van der Waals surface area contributed by atoms with Crippen molar-refractivity contribution < 1.29 is 9.90 Å². The number of fused-ring (bicyclic) bond motifs is 1. The summed E-state index contributed by atoms with van der Waals surface area (Å²) in [6.45, 7) is 0. The molecule has 4 rings (SSSR count). The summed E-state index contributed by atoms with van der Waals surface area (Å²) in [5, 5.41) is 11.5. The molecule has 0 radical (unpaired) electrons. The quantitative estimate of drug-likeness (QED) is 0.419. The largest absolute Gasteiger partial charge is 0.481 e. The van der Waals surface area contributed by atoms with E-state index >= 15 is 0 Å². The van der Waals surface area contributed by atoms with E-state index in [0.29, 0.717) is 21.3 Å². The van der Waals surface area contributed by atoms with Crippen molar-refractivity contribution in [3.63, 3.8) is 0 Å². The predicted octanol–water partition coefficient (Wildman–Crippen LogP) is 6.50. The molecule has 3 nitrogen and oxygen atoms in total. The van der Waals surface area contributed by atoms with Gasteiger partial charge in [0.2, 0.25) is 0 Å². The Morgan fingerprint density at radius 1 is 0.929 bits per heavy atom. The molecule has 28 heavy (non-hydrogen) atoms. The van der Waals surface area contributed by atoms with E-state index in [4.69, 9.17) is 28.2 Å². The van der Waals surface area contributed by atoms with Gasteiger partial charge in [0.1, 0.15) is 0 Å². The Labute approximate surface area is 172 Å². The van der Waals surface area contributed by atoms with Gasteiger partial charge < -0.3 is 5.11 Å². The highest BCUT2D eigenvalue weighted by molar-refractivity contribution is 6.34. The Hall–Kier alpha value is -2.88. The number of hydrogen-bond acceptors (Lipinski definition) is 2. The molecule has 0 bridgehead atoms. The van der Waals surface area contributed by atoms with Gasteiger partial charge in [0, 0.05) is 26.6 Å². The van der Waals surface area contributed by atoms with Crippen LogP contribution in [0.5, 0.6) is 0 Å². The van der Waals surface area contributed by atoms with Crippen molar-refractivity contribution in [1.29, 1.82) is 0 Å². The third-order valence-corrected chi connectivity index (χ3v) is 5.13. The smallest absolute Gasteiger partial charge is 0.307 e. The fourth-order valence-corrected chi connectivity index (χ4v) is 3.81. The maximum Gasteiger partial charge on any atom is 0.307 e. The van der Waals surface area contributed by atoms with Crippen molar-refractivity contribution in [2.45, 2.75) is 6.42 Å². The number of benzene rings is 3. The average Bonchev–Trinajstić information content (AvgIpc) is 2.69. The van der Waals surface area contributed by atoms with Crippen LogP contribution in [0, 0.1) is 0 Å². The van der Waals surface area contributed by atoms with Crippen LogP contribution in [0.15, 0.2) is 72.8 Å². The normalized spacial score (nSPS) is 10.9. The van der Waals surface area contributed by atoms with E-state index in [9.17, 15) is 9.90 Å². The van der Waals surface area contributed by atoms with Gasteiger partial charge in [-0.05, 0) is 35.4 Å². The van der Waals surface area contributed by atoms with Crippen LogP contribution in [0.3, 0.4) is 0 Å². The maximum absolute atomic E-state index is 11.7. The van der Waals surface area contributed by atoms with Gasteiger partial charge in [-0.15, -0.1) is 0 Å². The number of aliphatic carboxylic acids is 1. The predicted molar refractivity (Wildman–Crippen MR) is 114 cm³/mol. The highest BCUT2D eigenvalue weighted by Crippen LogP contribution is 2.40. The SMILES string of the molecule is O=C(O)Cc1c(-c2ccccc2)nc2ccc(Cl)cc2c1-c1ccccc1Cl. The third kappa shape index (κ3) is 3.47. The van der Waals surface area contributed by atoms with E-state index in [-0.39, 0.29) is 6.42 Å². The van der Waals surface area contributed by atoms with Gasteiger partial charge in [0.25, 0.3) is 0 Å². The third-order valence-electron chi connectivity index (χ3n) is 4.57. The van der Waals surface area contributed by atoms with Gasteiger partial charge in [-0.1, -0.05) is 71.7 Å². The van der Waals surface area contributed by atoms with Crippen molar-refractivity contribution in [1.82, 2.24) is 4.98 Å². The standard InChI is InChI=1S/C23H15Cl2NO2/c24-15-10-11-20-17(12-15)22(16-8-4-5-9-19(16)25)18(13-21(27)28)23(26-20)14-6-2-1-3-7-14/h1-12H,13H2,(H,27,28). The summed E-state index contributed by atoms with van der Waals surface area (Å²) in [7, 11) is 0. The molecule has 1 heterocycles. The van der Waals surface area contributed by atoms with Crippen LogP contribution in [-0.2, 0) is 11.2 Å². The van der Waals surface area contributed by atoms with Crippen LogP contribution in [-0.4, -0.2) is 16.1 Å². The van der Waals surface area contributed by atoms with Crippen LogP contribution in [0.25, 0.3) is 33.3 Å². The molecule has 0 unspecified atom stereocenters. The summed E-state index contributed by atoms with van der Waals surface area (Å²) >= 11 is 12.8. The number of hydrogen-bond donors (Lipinski definition) is 1. The first-order valence-corrected chi connectivity index (χ1v) is 9.44. The second-order valence-corrected chi connectivity index (χ2v) is 7.24. The van der Waals surface area contributed by atoms with E-state index in [0.717, 1.165) is 27.6 Å². The summed E-state index contributed by atoms with van der Waals surface area (Å²) in [6.07, 6.45) is -0.180. The molecule has 0 fully saturated rings. The number of rotatable bonds is 4. The van der Waals surface area contributed by atoms with Crippen LogP contribution >= 0.6 is 23.2 Å². The number of carboxylic acid groups (broad SMARTS) is 1. The molecule has 0 spiro atoms. The lowest BCUT2D eigenvalue weighted by Crippen LogP contribution is -2.06. The minimum atomic E-state index is -0.936. The summed E-state index contributed by atoms with van der Waals surface area (Å²) in [5.41, 5.74) is 4.33. The van der Waals surface area contributed by atoms with Crippen molar-refractivity contribution >= 4 is 40.1 Å². The summed E-state index contributed by atoms with van der Waals surface area (Å²) in [5.74, 6) is -0.936. The van der Waals surface area contributed by atoms with Crippen LogP contribution in [0.2, 0.25) is 10.0 Å². The van der Waals surface area contributed by atoms with E-state index in [1.54, 1.807) is 12.1 Å². The first-order valence-electron chi connectivity index (χ1n) is 8.69. The summed E-state index contributed by atoms with van der Waals surface area (Å²) < 4.78 is 0. The van der Waals surface area contributed by atoms with E-state index < -0.39 is 5.97 Å². The second-order valence-electron chi connectivity index (χ2n) is 6.39. The van der Waals surface area contributed by atoms with E-state index in [1.807, 2.05) is 60.7 Å². The first kappa shape index (κ1) is 18.5. The number of carbonyl (C=O) groups is 1. The van der Waals surface area contributed by atoms with Crippen LogP contribution in [0.4, 0.5) is 0 Å². The molecule has 0 aliphatic rings. The molecule has 5 heteroatoms. The van der Waals surface area contributed by atoms with Gasteiger partial charge in [0.05, 0.1) is 17.6 Å². The Morgan fingerprint density at radius 3 is 2.36 bits per heavy atom. The maximum atomic E-state index is 11.7. The van der Waals surface area contributed by atoms with Gasteiger partial charge in [-0.2, -0.15) is 0 Å². The number of nitrogens with zero attached hydrogens (tertiary/aromatic N) is 1. The highest BCUT2D eigenvalue weighted by atomic mass is 35.5. The molecule has 0 saturated carbocycles. The molecule has 0 saturated heterocycles. The lowest BCUT2D eigenvalue weighted by Gasteiger charge is -2.18. The van der Waals surface area contributed by atoms with Crippen LogP contribution < -0.4 is 0 Å². The summed E-state index contributed by atoms with van der Waals surface area (Å²) in [6, 6.07) is 22.4. The Balaban J connectivity index is 2.18. The van der Waals surface area contributed by atoms with Crippen molar-refractivity contribution in [3.8, 4) is 22.4 Å². The lowest BCUT2D eigenvalue weighted by atomic mass is 9.90. The molecular weight excluding hydrogens is 393 g/mol. The molecule has 1 N–H and O–H groups in total. The number of aromatic nitrogens is 1. The Bertz CT molecular complexity index is 1190. The van der Waals surface area contributed by atoms with Crippen LogP contribution in [0.1, 0.15) is 5.56 Å². The monoisotopic (exact) mass is 407 g/mol. The molecule has 4 aromatic rings. The molecule has 1 aromatic heterocycles. The van der Waals surface area contributed by atoms with Crippen molar-refractivity contribution in [2.75, 3.05) is 0 Å². The molecule has 3 aromatic carbocycles. The number of carboxylic acids is 1. The second kappa shape index (κ2) is 7.63. The molecule has 0 amide bonds. The van der Waals surface area contributed by atoms with Crippen molar-refractivity contribution in [2.24, 2.45) is 0 Å². The van der Waals surface area contributed by atoms with E-state index in [2.05, 4.69) is 0 Å². The van der Waals surface area contributed by atoms with Gasteiger partial charge in [-0.3, -0.25) is 4.79 Å². The minimum absolute atomic E-state index is 0.180. The topological polar surface area (TPSA) is 50.2 Å². The zero-order valence-corrected chi connectivity index (χ0v) is 16.2. The Morgan fingerprint density at radius 2 is 1.64 bits per heavy atom. The molecular formula is C23H15Cl2NO2. The fourth-order valence-electron chi connectivity index (χ4n) is 3.40. The fraction of sp³-hybridized carbons (Fsp3) is 0.0435. The zero-order chi connectivity index (χ0) is 19.7. The number of halogens is 2. The highest BCUT2D eigenvalue weighted by Gasteiger charge is 2.21. The number of pyridine rings is 1. The van der Waals surface area contributed by atoms with Gasteiger partial charge >= 0.3 is 5.97 Å². The zero-order valence-electron chi connectivity index (χ0n) is 14.7. The Kier molecular flexibility index (Phi) is 5.03. The van der Waals surface area contributed by atoms with E-state index in [1.165, 1.54) is 0 Å². The molecule has 138 valence electrons. The minimum Gasteiger partial charge on any atom is -0.481 e. The molecule has 0 aliphatic carbocycles. The average molecular weight is 408 g/mol.